The van der Waals surface area contributed by atoms with Crippen molar-refractivity contribution in [3.63, 3.8) is 0 Å². The lowest BCUT2D eigenvalue weighted by Crippen LogP contribution is -2.29. The minimum atomic E-state index is 0.606. The second kappa shape index (κ2) is 6.13. The van der Waals surface area contributed by atoms with Gasteiger partial charge in [-0.15, -0.1) is 0 Å². The standard InChI is InChI=1S/C17H21N5/c1-12-8-7-9-13(2)15(12)20-16-18-14(3)19-17(21-16)22-10-5-4-6-11-22/h4-5,7-9H,6,10-11H2,1-3H3,(H,18,19,20,21). The number of para-hydroxylation sites is 1. The molecule has 1 aromatic carbocycles. The van der Waals surface area contributed by atoms with Crippen molar-refractivity contribution in [3.05, 3.63) is 47.3 Å². The fraction of sp³-hybridized carbons (Fsp3) is 0.353. The van der Waals surface area contributed by atoms with Crippen molar-refractivity contribution in [3.8, 4) is 0 Å². The van der Waals surface area contributed by atoms with Crippen molar-refractivity contribution in [2.24, 2.45) is 0 Å². The highest BCUT2D eigenvalue weighted by molar-refractivity contribution is 5.63. The van der Waals surface area contributed by atoms with E-state index in [4.69, 9.17) is 0 Å². The first-order valence-corrected chi connectivity index (χ1v) is 7.59. The lowest BCUT2D eigenvalue weighted by atomic mass is 10.1. The molecule has 1 aromatic heterocycles. The van der Waals surface area contributed by atoms with Crippen LogP contribution in [0.3, 0.4) is 0 Å². The fourth-order valence-electron chi connectivity index (χ4n) is 2.61. The van der Waals surface area contributed by atoms with E-state index in [1.54, 1.807) is 0 Å². The molecule has 1 aliphatic heterocycles. The third-order valence-electron chi connectivity index (χ3n) is 3.79. The summed E-state index contributed by atoms with van der Waals surface area (Å²) in [5.74, 6) is 2.08. The van der Waals surface area contributed by atoms with E-state index in [2.05, 4.69) is 69.4 Å². The van der Waals surface area contributed by atoms with Crippen LogP contribution in [0.4, 0.5) is 17.6 Å². The Labute approximate surface area is 131 Å². The molecule has 22 heavy (non-hydrogen) atoms. The van der Waals surface area contributed by atoms with Crippen molar-refractivity contribution in [2.45, 2.75) is 27.2 Å². The Bertz CT molecular complexity index is 688. The van der Waals surface area contributed by atoms with Crippen LogP contribution in [0.15, 0.2) is 30.4 Å². The first-order chi connectivity index (χ1) is 10.6. The summed E-state index contributed by atoms with van der Waals surface area (Å²) in [7, 11) is 0. The van der Waals surface area contributed by atoms with Crippen molar-refractivity contribution in [1.82, 2.24) is 15.0 Å². The van der Waals surface area contributed by atoms with E-state index < -0.39 is 0 Å². The van der Waals surface area contributed by atoms with Gasteiger partial charge in [-0.1, -0.05) is 30.4 Å². The van der Waals surface area contributed by atoms with Crippen molar-refractivity contribution < 1.29 is 0 Å². The van der Waals surface area contributed by atoms with E-state index in [1.807, 2.05) is 6.92 Å². The van der Waals surface area contributed by atoms with Gasteiger partial charge in [0.15, 0.2) is 0 Å². The largest absolute Gasteiger partial charge is 0.337 e. The third kappa shape index (κ3) is 3.08. The zero-order valence-electron chi connectivity index (χ0n) is 13.3. The van der Waals surface area contributed by atoms with Gasteiger partial charge in [0.05, 0.1) is 0 Å². The monoisotopic (exact) mass is 295 g/mol. The molecule has 0 spiro atoms. The lowest BCUT2D eigenvalue weighted by molar-refractivity contribution is 0.775. The summed E-state index contributed by atoms with van der Waals surface area (Å²) >= 11 is 0. The normalized spacial score (nSPS) is 14.2. The SMILES string of the molecule is Cc1nc(Nc2c(C)cccc2C)nc(N2CC=CCC2)n1. The zero-order valence-corrected chi connectivity index (χ0v) is 13.3. The van der Waals surface area contributed by atoms with Gasteiger partial charge in [-0.25, -0.2) is 0 Å². The van der Waals surface area contributed by atoms with Crippen molar-refractivity contribution in [2.75, 3.05) is 23.3 Å². The van der Waals surface area contributed by atoms with Gasteiger partial charge in [0.2, 0.25) is 11.9 Å². The number of nitrogens with zero attached hydrogens (tertiary/aromatic N) is 4. The molecule has 114 valence electrons. The predicted molar refractivity (Wildman–Crippen MR) is 89.7 cm³/mol. The molecule has 5 heteroatoms. The fourth-order valence-corrected chi connectivity index (χ4v) is 2.61. The highest BCUT2D eigenvalue weighted by Gasteiger charge is 2.13. The molecule has 2 aromatic rings. The van der Waals surface area contributed by atoms with E-state index in [0.717, 1.165) is 37.0 Å². The summed E-state index contributed by atoms with van der Waals surface area (Å²) in [5.41, 5.74) is 3.43. The van der Waals surface area contributed by atoms with E-state index in [1.165, 1.54) is 11.1 Å². The highest BCUT2D eigenvalue weighted by atomic mass is 15.3. The number of hydrogen-bond donors (Lipinski definition) is 1. The number of benzene rings is 1. The molecule has 5 nitrogen and oxygen atoms in total. The molecule has 2 heterocycles. The molecule has 0 atom stereocenters. The second-order valence-corrected chi connectivity index (χ2v) is 5.60. The van der Waals surface area contributed by atoms with Crippen LogP contribution in [0.1, 0.15) is 23.4 Å². The van der Waals surface area contributed by atoms with Gasteiger partial charge in [0, 0.05) is 18.8 Å². The number of anilines is 3. The van der Waals surface area contributed by atoms with Crippen LogP contribution in [0, 0.1) is 20.8 Å². The van der Waals surface area contributed by atoms with Gasteiger partial charge >= 0.3 is 0 Å². The highest BCUT2D eigenvalue weighted by Crippen LogP contribution is 2.23. The molecule has 0 amide bonds. The van der Waals surface area contributed by atoms with Crippen LogP contribution >= 0.6 is 0 Å². The average molecular weight is 295 g/mol. The predicted octanol–water partition coefficient (Wildman–Crippen LogP) is 3.31. The molecule has 0 radical (unpaired) electrons. The Morgan fingerprint density at radius 1 is 1.00 bits per heavy atom. The smallest absolute Gasteiger partial charge is 0.232 e. The molecule has 1 aliphatic rings. The number of hydrogen-bond acceptors (Lipinski definition) is 5. The van der Waals surface area contributed by atoms with E-state index in [0.29, 0.717) is 5.95 Å². The minimum Gasteiger partial charge on any atom is -0.337 e. The molecular formula is C17H21N5. The third-order valence-corrected chi connectivity index (χ3v) is 3.79. The summed E-state index contributed by atoms with van der Waals surface area (Å²) in [6.45, 7) is 7.87. The van der Waals surface area contributed by atoms with Crippen LogP contribution < -0.4 is 10.2 Å². The summed E-state index contributed by atoms with van der Waals surface area (Å²) < 4.78 is 0. The second-order valence-electron chi connectivity index (χ2n) is 5.60. The molecule has 3 rings (SSSR count). The molecule has 0 unspecified atom stereocenters. The number of rotatable bonds is 3. The van der Waals surface area contributed by atoms with Gasteiger partial charge in [-0.3, -0.25) is 0 Å². The van der Waals surface area contributed by atoms with Crippen LogP contribution in [0.2, 0.25) is 0 Å². The van der Waals surface area contributed by atoms with E-state index >= 15 is 0 Å². The topological polar surface area (TPSA) is 53.9 Å². The Kier molecular flexibility index (Phi) is 4.04. The Morgan fingerprint density at radius 2 is 1.77 bits per heavy atom. The van der Waals surface area contributed by atoms with Crippen LogP contribution in [0.5, 0.6) is 0 Å². The van der Waals surface area contributed by atoms with Gasteiger partial charge < -0.3 is 10.2 Å². The van der Waals surface area contributed by atoms with Gasteiger partial charge in [-0.05, 0) is 38.3 Å². The number of aromatic nitrogens is 3. The maximum atomic E-state index is 4.59. The molecule has 0 bridgehead atoms. The molecule has 0 saturated carbocycles. The van der Waals surface area contributed by atoms with Crippen LogP contribution in [-0.2, 0) is 0 Å². The quantitative estimate of drug-likeness (QED) is 0.880. The maximum absolute atomic E-state index is 4.59. The van der Waals surface area contributed by atoms with E-state index in [9.17, 15) is 0 Å². The first kappa shape index (κ1) is 14.5. The van der Waals surface area contributed by atoms with Gasteiger partial charge in [0.1, 0.15) is 5.82 Å². The van der Waals surface area contributed by atoms with Crippen LogP contribution in [0.25, 0.3) is 0 Å². The number of aryl methyl sites for hydroxylation is 3. The van der Waals surface area contributed by atoms with Crippen LogP contribution in [-0.4, -0.2) is 28.0 Å². The Hall–Kier alpha value is -2.43. The molecule has 1 N–H and O–H groups in total. The van der Waals surface area contributed by atoms with E-state index in [-0.39, 0.29) is 0 Å². The van der Waals surface area contributed by atoms with Gasteiger partial charge in [0.25, 0.3) is 0 Å². The van der Waals surface area contributed by atoms with Crippen molar-refractivity contribution in [1.29, 1.82) is 0 Å². The first-order valence-electron chi connectivity index (χ1n) is 7.59. The molecule has 0 saturated heterocycles. The Balaban J connectivity index is 1.91. The summed E-state index contributed by atoms with van der Waals surface area (Å²) in [5, 5.41) is 3.35. The zero-order chi connectivity index (χ0) is 15.5. The Morgan fingerprint density at radius 3 is 2.45 bits per heavy atom. The molecular weight excluding hydrogens is 274 g/mol. The van der Waals surface area contributed by atoms with Gasteiger partial charge in [-0.2, -0.15) is 15.0 Å². The average Bonchev–Trinajstić information content (AvgIpc) is 2.51. The summed E-state index contributed by atoms with van der Waals surface area (Å²) in [6.07, 6.45) is 5.38. The molecule has 0 aliphatic carbocycles. The minimum absolute atomic E-state index is 0.606. The summed E-state index contributed by atoms with van der Waals surface area (Å²) in [4.78, 5) is 15.7. The summed E-state index contributed by atoms with van der Waals surface area (Å²) in [6, 6.07) is 6.22. The lowest BCUT2D eigenvalue weighted by Gasteiger charge is -2.23. The maximum Gasteiger partial charge on any atom is 0.232 e. The molecule has 0 fully saturated rings. The van der Waals surface area contributed by atoms with Crippen molar-refractivity contribution >= 4 is 17.6 Å². The number of nitrogens with one attached hydrogen (secondary N) is 1.